The predicted octanol–water partition coefficient (Wildman–Crippen LogP) is 3.05. The van der Waals surface area contributed by atoms with Crippen LogP contribution < -0.4 is 10.6 Å². The monoisotopic (exact) mass is 456 g/mol. The Hall–Kier alpha value is -2.45. The van der Waals surface area contributed by atoms with E-state index in [1.807, 2.05) is 0 Å². The molecule has 0 aliphatic carbocycles. The van der Waals surface area contributed by atoms with Gasteiger partial charge in [-0.05, 0) is 12.8 Å². The number of aldehydes is 1. The van der Waals surface area contributed by atoms with Crippen molar-refractivity contribution in [1.82, 2.24) is 10.6 Å². The van der Waals surface area contributed by atoms with Crippen LogP contribution in [0.25, 0.3) is 0 Å². The van der Waals surface area contributed by atoms with Crippen molar-refractivity contribution in [3.63, 3.8) is 0 Å². The lowest BCUT2D eigenvalue weighted by Gasteiger charge is -2.13. The molecule has 32 heavy (non-hydrogen) atoms. The van der Waals surface area contributed by atoms with Gasteiger partial charge in [0.1, 0.15) is 18.2 Å². The van der Waals surface area contributed by atoms with Crippen LogP contribution in [0.2, 0.25) is 0 Å². The summed E-state index contributed by atoms with van der Waals surface area (Å²) in [7, 11) is 0. The molecule has 0 aliphatic rings. The van der Waals surface area contributed by atoms with Gasteiger partial charge in [-0.2, -0.15) is 0 Å². The Kier molecular flexibility index (Phi) is 18.9. The molecule has 0 aromatic carbocycles. The minimum absolute atomic E-state index is 0.126. The van der Waals surface area contributed by atoms with Gasteiger partial charge >= 0.3 is 11.9 Å². The first-order valence-electron chi connectivity index (χ1n) is 11.8. The lowest BCUT2D eigenvalue weighted by molar-refractivity contribution is -0.144. The summed E-state index contributed by atoms with van der Waals surface area (Å²) in [5.41, 5.74) is 0. The van der Waals surface area contributed by atoms with Gasteiger partial charge in [0.05, 0.1) is 0 Å². The summed E-state index contributed by atoms with van der Waals surface area (Å²) in [6, 6.07) is -1.10. The van der Waals surface area contributed by atoms with Crippen LogP contribution in [0.15, 0.2) is 0 Å². The van der Waals surface area contributed by atoms with E-state index >= 15 is 0 Å². The topological polar surface area (TPSA) is 150 Å². The summed E-state index contributed by atoms with van der Waals surface area (Å²) in [6.45, 7) is -0.126. The zero-order valence-electron chi connectivity index (χ0n) is 19.1. The molecule has 0 aromatic rings. The minimum atomic E-state index is -1.17. The highest BCUT2D eigenvalue weighted by atomic mass is 16.4. The summed E-state index contributed by atoms with van der Waals surface area (Å²) < 4.78 is 0. The maximum absolute atomic E-state index is 11.8. The van der Waals surface area contributed by atoms with Gasteiger partial charge in [-0.15, -0.1) is 0 Å². The van der Waals surface area contributed by atoms with E-state index < -0.39 is 23.9 Å². The molecule has 9 heteroatoms. The Morgan fingerprint density at radius 3 is 1.56 bits per heavy atom. The van der Waals surface area contributed by atoms with E-state index in [-0.39, 0.29) is 18.9 Å². The molecule has 0 saturated heterocycles. The lowest BCUT2D eigenvalue weighted by atomic mass is 10.0. The van der Waals surface area contributed by atoms with Crippen molar-refractivity contribution in [3.05, 3.63) is 0 Å². The third kappa shape index (κ3) is 17.3. The third-order valence-electron chi connectivity index (χ3n) is 5.44. The van der Waals surface area contributed by atoms with Crippen LogP contribution in [0, 0.1) is 5.92 Å². The Bertz CT molecular complexity index is 554. The predicted molar refractivity (Wildman–Crippen MR) is 120 cm³/mol. The van der Waals surface area contributed by atoms with Crippen LogP contribution in [0.4, 0.5) is 0 Å². The number of carbonyl (C=O) groups excluding carboxylic acids is 3. The molecule has 184 valence electrons. The molecule has 0 fully saturated rings. The Balaban J connectivity index is 3.44. The third-order valence-corrected chi connectivity index (χ3v) is 5.44. The quantitative estimate of drug-likeness (QED) is 0.105. The van der Waals surface area contributed by atoms with Gasteiger partial charge in [-0.3, -0.25) is 14.4 Å². The Labute approximate surface area is 190 Å². The number of unbranched alkanes of at least 4 members (excludes halogenated alkanes) is 12. The molecule has 0 saturated carbocycles. The van der Waals surface area contributed by atoms with E-state index in [0.717, 1.165) is 51.4 Å². The summed E-state index contributed by atoms with van der Waals surface area (Å²) in [4.78, 5) is 54.3. The summed E-state index contributed by atoms with van der Waals surface area (Å²) in [6.07, 6.45) is 15.5. The van der Waals surface area contributed by atoms with Crippen LogP contribution in [0.1, 0.15) is 96.3 Å². The fourth-order valence-electron chi connectivity index (χ4n) is 3.48. The smallest absolute Gasteiger partial charge is 0.328 e. The van der Waals surface area contributed by atoms with Gasteiger partial charge in [0.15, 0.2) is 0 Å². The SMILES string of the molecule is O=CNCC(NC(=O)CCCCCCCCCCCCCCCC(C=O)C(=O)O)C(=O)O. The fraction of sp³-hybridized carbons (Fsp3) is 0.783. The Morgan fingerprint density at radius 1 is 0.688 bits per heavy atom. The molecule has 0 aliphatic heterocycles. The molecule has 0 heterocycles. The average Bonchev–Trinajstić information content (AvgIpc) is 2.75. The molecule has 0 rings (SSSR count). The summed E-state index contributed by atoms with van der Waals surface area (Å²) in [5.74, 6) is -3.36. The van der Waals surface area contributed by atoms with Crippen molar-refractivity contribution in [2.24, 2.45) is 5.92 Å². The molecule has 2 atom stereocenters. The summed E-state index contributed by atoms with van der Waals surface area (Å²) in [5, 5.41) is 22.5. The zero-order valence-corrected chi connectivity index (χ0v) is 19.1. The molecule has 0 spiro atoms. The van der Waals surface area contributed by atoms with Gasteiger partial charge < -0.3 is 25.6 Å². The normalized spacial score (nSPS) is 12.5. The first-order chi connectivity index (χ1) is 15.4. The summed E-state index contributed by atoms with van der Waals surface area (Å²) >= 11 is 0. The van der Waals surface area contributed by atoms with Gasteiger partial charge in [0, 0.05) is 13.0 Å². The second-order valence-electron chi connectivity index (χ2n) is 8.20. The van der Waals surface area contributed by atoms with Crippen molar-refractivity contribution in [2.75, 3.05) is 6.54 Å². The number of hydrogen-bond acceptors (Lipinski definition) is 5. The van der Waals surface area contributed by atoms with Crippen molar-refractivity contribution in [2.45, 2.75) is 102 Å². The lowest BCUT2D eigenvalue weighted by Crippen LogP contribution is -2.46. The Morgan fingerprint density at radius 2 is 1.16 bits per heavy atom. The number of carboxylic acids is 2. The van der Waals surface area contributed by atoms with Crippen LogP contribution in [0.3, 0.4) is 0 Å². The van der Waals surface area contributed by atoms with E-state index in [1.54, 1.807) is 0 Å². The van der Waals surface area contributed by atoms with E-state index in [9.17, 15) is 24.0 Å². The zero-order chi connectivity index (χ0) is 24.0. The number of nitrogens with one attached hydrogen (secondary N) is 2. The van der Waals surface area contributed by atoms with Gasteiger partial charge in [-0.1, -0.05) is 77.0 Å². The second kappa shape index (κ2) is 20.5. The highest BCUT2D eigenvalue weighted by Crippen LogP contribution is 2.14. The maximum Gasteiger partial charge on any atom is 0.328 e. The number of carboxylic acid groups (broad SMARTS) is 2. The molecule has 0 aromatic heterocycles. The molecule has 9 nitrogen and oxygen atoms in total. The number of hydrogen-bond donors (Lipinski definition) is 4. The standard InChI is InChI=1S/C23H40N2O7/c26-17-19(22(29)30)14-12-10-8-6-4-2-1-3-5-7-9-11-13-15-21(28)25-20(23(31)32)16-24-18-27/h17-20H,1-16H2,(H,24,27)(H,25,28)(H,29,30)(H,31,32). The molecule has 0 bridgehead atoms. The minimum Gasteiger partial charge on any atom is -0.481 e. The van der Waals surface area contributed by atoms with Crippen LogP contribution in [-0.4, -0.2) is 53.3 Å². The highest BCUT2D eigenvalue weighted by Gasteiger charge is 2.19. The number of amides is 2. The molecule has 4 N–H and O–H groups in total. The van der Waals surface area contributed by atoms with Crippen molar-refractivity contribution in [1.29, 1.82) is 0 Å². The first-order valence-corrected chi connectivity index (χ1v) is 11.8. The molecular formula is C23H40N2O7. The van der Waals surface area contributed by atoms with Gasteiger partial charge in [-0.25, -0.2) is 4.79 Å². The van der Waals surface area contributed by atoms with Crippen LogP contribution in [0.5, 0.6) is 0 Å². The van der Waals surface area contributed by atoms with Crippen molar-refractivity contribution < 1.29 is 34.2 Å². The second-order valence-corrected chi connectivity index (χ2v) is 8.20. The number of rotatable bonds is 23. The van der Waals surface area contributed by atoms with Gasteiger partial charge in [0.25, 0.3) is 0 Å². The van der Waals surface area contributed by atoms with Gasteiger partial charge in [0.2, 0.25) is 12.3 Å². The largest absolute Gasteiger partial charge is 0.481 e. The average molecular weight is 457 g/mol. The molecule has 2 unspecified atom stereocenters. The molecule has 2 amide bonds. The highest BCUT2D eigenvalue weighted by molar-refractivity contribution is 5.86. The van der Waals surface area contributed by atoms with E-state index in [2.05, 4.69) is 10.6 Å². The van der Waals surface area contributed by atoms with Crippen molar-refractivity contribution >= 4 is 30.5 Å². The number of carbonyl (C=O) groups is 5. The van der Waals surface area contributed by atoms with Crippen LogP contribution >= 0.6 is 0 Å². The maximum atomic E-state index is 11.8. The number of aliphatic carboxylic acids is 2. The van der Waals surface area contributed by atoms with E-state index in [1.165, 1.54) is 32.1 Å². The van der Waals surface area contributed by atoms with E-state index in [4.69, 9.17) is 10.2 Å². The van der Waals surface area contributed by atoms with Crippen LogP contribution in [-0.2, 0) is 24.0 Å². The van der Waals surface area contributed by atoms with Crippen molar-refractivity contribution in [3.8, 4) is 0 Å². The first kappa shape index (κ1) is 29.5. The molecular weight excluding hydrogens is 416 g/mol. The fourth-order valence-corrected chi connectivity index (χ4v) is 3.48. The molecule has 0 radical (unpaired) electrons. The van der Waals surface area contributed by atoms with E-state index in [0.29, 0.717) is 19.1 Å².